The number of aliphatic hydroxyl groups is 1. The van der Waals surface area contributed by atoms with E-state index in [0.717, 1.165) is 12.8 Å². The first-order chi connectivity index (χ1) is 13.3. The summed E-state index contributed by atoms with van der Waals surface area (Å²) >= 11 is 0. The Morgan fingerprint density at radius 1 is 1.25 bits per heavy atom. The summed E-state index contributed by atoms with van der Waals surface area (Å²) < 4.78 is 5.28. The van der Waals surface area contributed by atoms with Gasteiger partial charge < -0.3 is 9.84 Å². The Hall–Kier alpha value is -1.35. The van der Waals surface area contributed by atoms with E-state index in [1.54, 1.807) is 17.2 Å². The van der Waals surface area contributed by atoms with Gasteiger partial charge in [0.25, 0.3) is 0 Å². The van der Waals surface area contributed by atoms with Crippen LogP contribution in [0, 0.1) is 28.6 Å². The molecule has 4 rings (SSSR count). The predicted molar refractivity (Wildman–Crippen MR) is 112 cm³/mol. The molecule has 4 atom stereocenters. The van der Waals surface area contributed by atoms with Gasteiger partial charge in [-0.05, 0) is 91.6 Å². The van der Waals surface area contributed by atoms with Crippen LogP contribution in [0.3, 0.4) is 0 Å². The van der Waals surface area contributed by atoms with Gasteiger partial charge in [-0.2, -0.15) is 0 Å². The molecular formula is C25H36O3. The molecule has 0 saturated heterocycles. The molecule has 1 N–H and O–H groups in total. The zero-order valence-corrected chi connectivity index (χ0v) is 18.0. The Bertz CT molecular complexity index is 754. The lowest BCUT2D eigenvalue weighted by Crippen LogP contribution is -2.56. The van der Waals surface area contributed by atoms with Gasteiger partial charge in [-0.1, -0.05) is 38.0 Å². The number of carbonyl (C=O) groups is 1. The van der Waals surface area contributed by atoms with Crippen LogP contribution in [0.5, 0.6) is 0 Å². The van der Waals surface area contributed by atoms with Crippen molar-refractivity contribution >= 4 is 5.97 Å². The molecule has 0 aromatic rings. The maximum atomic E-state index is 11.8. The van der Waals surface area contributed by atoms with Crippen molar-refractivity contribution in [2.45, 2.75) is 72.6 Å². The third-order valence-electron chi connectivity index (χ3n) is 8.50. The van der Waals surface area contributed by atoms with Gasteiger partial charge in [-0.25, -0.2) is 4.79 Å². The fourth-order valence-corrected chi connectivity index (χ4v) is 6.99. The third-order valence-corrected chi connectivity index (χ3v) is 8.50. The van der Waals surface area contributed by atoms with E-state index in [2.05, 4.69) is 33.8 Å². The summed E-state index contributed by atoms with van der Waals surface area (Å²) in [6.07, 6.45) is 12.5. The van der Waals surface area contributed by atoms with Crippen LogP contribution >= 0.6 is 0 Å². The summed E-state index contributed by atoms with van der Waals surface area (Å²) in [7, 11) is 0. The van der Waals surface area contributed by atoms with E-state index in [-0.39, 0.29) is 18.0 Å². The number of aliphatic hydroxyl groups excluding tert-OH is 1. The monoisotopic (exact) mass is 384 g/mol. The third kappa shape index (κ3) is 3.20. The topological polar surface area (TPSA) is 46.5 Å². The van der Waals surface area contributed by atoms with Crippen LogP contribution in [0.4, 0.5) is 0 Å². The highest BCUT2D eigenvalue weighted by Gasteiger charge is 2.59. The van der Waals surface area contributed by atoms with Crippen LogP contribution in [-0.2, 0) is 9.53 Å². The highest BCUT2D eigenvalue weighted by atomic mass is 16.5. The second kappa shape index (κ2) is 7.16. The van der Waals surface area contributed by atoms with Crippen molar-refractivity contribution in [2.75, 3.05) is 13.2 Å². The average Bonchev–Trinajstić information content (AvgIpc) is 3.05. The molecule has 4 unspecified atom stereocenters. The maximum absolute atomic E-state index is 11.8. The van der Waals surface area contributed by atoms with E-state index in [4.69, 9.17) is 4.74 Å². The lowest BCUT2D eigenvalue weighted by Gasteiger charge is -2.62. The van der Waals surface area contributed by atoms with E-state index < -0.39 is 0 Å². The molecule has 154 valence electrons. The number of rotatable bonds is 5. The Balaban J connectivity index is 1.60. The van der Waals surface area contributed by atoms with Crippen molar-refractivity contribution in [3.63, 3.8) is 0 Å². The lowest BCUT2D eigenvalue weighted by atomic mass is 9.42. The molecule has 4 aliphatic rings. The molecule has 1 aliphatic heterocycles. The van der Waals surface area contributed by atoms with Crippen LogP contribution in [0.15, 0.2) is 34.4 Å². The van der Waals surface area contributed by atoms with Crippen LogP contribution in [0.25, 0.3) is 0 Å². The standard InChI is InChI=1S/C25H36O3/c1-16-6-5-10-24(2,3)20(16)9-11-25(4)21-8-7-17(14-26)12-19(21)23(25)18-13-22(27)28-15-18/h12-13,19,21,23,26H,5-11,14-15H2,1-4H3. The second-order valence-corrected chi connectivity index (χ2v) is 10.5. The van der Waals surface area contributed by atoms with E-state index >= 15 is 0 Å². The highest BCUT2D eigenvalue weighted by molar-refractivity contribution is 5.85. The number of fused-ring (bicyclic) bond motifs is 1. The van der Waals surface area contributed by atoms with Crippen molar-refractivity contribution in [1.82, 2.24) is 0 Å². The van der Waals surface area contributed by atoms with Crippen molar-refractivity contribution in [3.8, 4) is 0 Å². The Labute approximate surface area is 169 Å². The SMILES string of the molecule is CC1=C(CCC2(C)C3CCC(CO)=CC3C2C2=CC(=O)OC2)C(C)(C)CCC1. The number of cyclic esters (lactones) is 1. The second-order valence-electron chi connectivity index (χ2n) is 10.5. The summed E-state index contributed by atoms with van der Waals surface area (Å²) in [5.74, 6) is 1.29. The number of hydrogen-bond donors (Lipinski definition) is 1. The van der Waals surface area contributed by atoms with Crippen molar-refractivity contribution in [3.05, 3.63) is 34.4 Å². The van der Waals surface area contributed by atoms with Crippen molar-refractivity contribution in [1.29, 1.82) is 0 Å². The number of esters is 1. The summed E-state index contributed by atoms with van der Waals surface area (Å²) in [6, 6.07) is 0. The van der Waals surface area contributed by atoms with Crippen LogP contribution < -0.4 is 0 Å². The molecular weight excluding hydrogens is 348 g/mol. The molecule has 3 nitrogen and oxygen atoms in total. The largest absolute Gasteiger partial charge is 0.458 e. The zero-order valence-electron chi connectivity index (χ0n) is 18.0. The predicted octanol–water partition coefficient (Wildman–Crippen LogP) is 5.36. The first-order valence-electron chi connectivity index (χ1n) is 11.1. The quantitative estimate of drug-likeness (QED) is 0.513. The first kappa shape index (κ1) is 19.9. The van der Waals surface area contributed by atoms with Gasteiger partial charge in [0.1, 0.15) is 6.61 Å². The van der Waals surface area contributed by atoms with E-state index in [1.807, 2.05) is 0 Å². The number of hydrogen-bond acceptors (Lipinski definition) is 3. The fourth-order valence-electron chi connectivity index (χ4n) is 6.99. The summed E-state index contributed by atoms with van der Waals surface area (Å²) in [5.41, 5.74) is 6.17. The molecule has 3 heteroatoms. The zero-order chi connectivity index (χ0) is 20.1. The van der Waals surface area contributed by atoms with Gasteiger partial charge in [0.2, 0.25) is 0 Å². The van der Waals surface area contributed by atoms with Gasteiger partial charge in [0.15, 0.2) is 0 Å². The minimum Gasteiger partial charge on any atom is -0.458 e. The normalized spacial score (nSPS) is 37.0. The van der Waals surface area contributed by atoms with E-state index in [0.29, 0.717) is 29.8 Å². The van der Waals surface area contributed by atoms with Gasteiger partial charge in [-0.3, -0.25) is 0 Å². The minimum absolute atomic E-state index is 0.168. The van der Waals surface area contributed by atoms with Crippen molar-refractivity contribution in [2.24, 2.45) is 28.6 Å². The molecule has 0 amide bonds. The Kier molecular flexibility index (Phi) is 5.10. The van der Waals surface area contributed by atoms with E-state index in [9.17, 15) is 9.90 Å². The molecule has 0 spiro atoms. The minimum atomic E-state index is -0.185. The number of ether oxygens (including phenoxy) is 1. The Morgan fingerprint density at radius 3 is 2.68 bits per heavy atom. The molecule has 28 heavy (non-hydrogen) atoms. The van der Waals surface area contributed by atoms with E-state index in [1.165, 1.54) is 43.3 Å². The maximum Gasteiger partial charge on any atom is 0.331 e. The van der Waals surface area contributed by atoms with Gasteiger partial charge in [-0.15, -0.1) is 0 Å². The van der Waals surface area contributed by atoms with Crippen LogP contribution in [0.1, 0.15) is 72.6 Å². The van der Waals surface area contributed by atoms with Gasteiger partial charge in [0.05, 0.1) is 6.61 Å². The summed E-state index contributed by atoms with van der Waals surface area (Å²) in [5, 5.41) is 9.64. The van der Waals surface area contributed by atoms with Gasteiger partial charge >= 0.3 is 5.97 Å². The summed E-state index contributed by atoms with van der Waals surface area (Å²) in [4.78, 5) is 11.8. The average molecular weight is 385 g/mol. The number of allylic oxidation sites excluding steroid dienone is 3. The summed E-state index contributed by atoms with van der Waals surface area (Å²) in [6.45, 7) is 10.2. The van der Waals surface area contributed by atoms with Crippen LogP contribution in [0.2, 0.25) is 0 Å². The number of carbonyl (C=O) groups excluding carboxylic acids is 1. The molecule has 0 bridgehead atoms. The molecule has 0 aromatic carbocycles. The lowest BCUT2D eigenvalue weighted by molar-refractivity contribution is -0.135. The molecule has 0 radical (unpaired) electrons. The first-order valence-corrected chi connectivity index (χ1v) is 11.1. The molecule has 1 heterocycles. The molecule has 1 fully saturated rings. The van der Waals surface area contributed by atoms with Crippen LogP contribution in [-0.4, -0.2) is 24.3 Å². The molecule has 1 saturated carbocycles. The smallest absolute Gasteiger partial charge is 0.331 e. The fraction of sp³-hybridized carbons (Fsp3) is 0.720. The van der Waals surface area contributed by atoms with Crippen molar-refractivity contribution < 1.29 is 14.6 Å². The Morgan fingerprint density at radius 2 is 2.04 bits per heavy atom. The van der Waals surface area contributed by atoms with Gasteiger partial charge in [0, 0.05) is 6.08 Å². The molecule has 0 aromatic heterocycles. The molecule has 3 aliphatic carbocycles. The highest BCUT2D eigenvalue weighted by Crippen LogP contribution is 2.65.